The summed E-state index contributed by atoms with van der Waals surface area (Å²) < 4.78 is 28.7. The number of carbonyl (C=O) groups is 2. The number of carbonyl (C=O) groups excluding carboxylic acids is 1. The van der Waals surface area contributed by atoms with Gasteiger partial charge >= 0.3 is 5.97 Å². The van der Waals surface area contributed by atoms with Crippen LogP contribution in [0, 0.1) is 13.8 Å². The molecule has 2 N–H and O–H groups in total. The Hall–Kier alpha value is -2.71. The Morgan fingerprint density at radius 3 is 2.33 bits per heavy atom. The monoisotopic (exact) mass is 391 g/mol. The smallest absolute Gasteiger partial charge is 0.335 e. The first-order valence-corrected chi connectivity index (χ1v) is 9.91. The summed E-state index contributed by atoms with van der Waals surface area (Å²) >= 11 is 0. The number of rotatable bonds is 6. The number of sulfone groups is 1. The standard InChI is InChI=1S/C19H21NO6S/c1-11-5-16(27(4,24)25)9-17(12(11)2)18(21)20-15-7-13(10-26-3)6-14(8-15)19(22)23/h5-9H,10H2,1-4H3,(H,20,21)(H,22,23). The van der Waals surface area contributed by atoms with Gasteiger partial charge in [0.25, 0.3) is 5.91 Å². The first-order valence-electron chi connectivity index (χ1n) is 8.01. The van der Waals surface area contributed by atoms with Crippen LogP contribution in [0.5, 0.6) is 0 Å². The van der Waals surface area contributed by atoms with Crippen LogP contribution in [0.3, 0.4) is 0 Å². The fourth-order valence-corrected chi connectivity index (χ4v) is 3.34. The van der Waals surface area contributed by atoms with Crippen molar-refractivity contribution in [3.8, 4) is 0 Å². The minimum atomic E-state index is -3.48. The number of carboxylic acid groups (broad SMARTS) is 1. The molecule has 7 nitrogen and oxygen atoms in total. The molecule has 0 fully saturated rings. The Morgan fingerprint density at radius 2 is 1.78 bits per heavy atom. The van der Waals surface area contributed by atoms with Gasteiger partial charge in [-0.2, -0.15) is 0 Å². The largest absolute Gasteiger partial charge is 0.478 e. The molecule has 0 atom stereocenters. The zero-order chi connectivity index (χ0) is 20.4. The van der Waals surface area contributed by atoms with Gasteiger partial charge in [-0.3, -0.25) is 4.79 Å². The van der Waals surface area contributed by atoms with Crippen LogP contribution >= 0.6 is 0 Å². The van der Waals surface area contributed by atoms with Gasteiger partial charge in [-0.1, -0.05) is 0 Å². The molecule has 0 radical (unpaired) electrons. The summed E-state index contributed by atoms with van der Waals surface area (Å²) in [6.07, 6.45) is 1.08. The van der Waals surface area contributed by atoms with Crippen molar-refractivity contribution >= 4 is 27.4 Å². The number of methoxy groups -OCH3 is 1. The number of amides is 1. The van der Waals surface area contributed by atoms with Gasteiger partial charge in [0.1, 0.15) is 0 Å². The van der Waals surface area contributed by atoms with Crippen molar-refractivity contribution in [3.05, 3.63) is 58.1 Å². The number of anilines is 1. The Kier molecular flexibility index (Phi) is 6.02. The molecule has 0 unspecified atom stereocenters. The predicted octanol–water partition coefficient (Wildman–Crippen LogP) is 2.80. The lowest BCUT2D eigenvalue weighted by Gasteiger charge is -2.13. The number of carboxylic acids is 1. The second-order valence-electron chi connectivity index (χ2n) is 6.30. The van der Waals surface area contributed by atoms with E-state index in [1.807, 2.05) is 0 Å². The highest BCUT2D eigenvalue weighted by atomic mass is 32.2. The van der Waals surface area contributed by atoms with E-state index < -0.39 is 21.7 Å². The van der Waals surface area contributed by atoms with Crippen LogP contribution in [-0.4, -0.2) is 38.8 Å². The molecule has 2 aromatic rings. The van der Waals surface area contributed by atoms with Crippen LogP contribution in [0.15, 0.2) is 35.2 Å². The molecule has 0 saturated carbocycles. The molecule has 0 saturated heterocycles. The van der Waals surface area contributed by atoms with Gasteiger partial charge in [0, 0.05) is 24.6 Å². The van der Waals surface area contributed by atoms with Gasteiger partial charge < -0.3 is 15.2 Å². The van der Waals surface area contributed by atoms with Crippen molar-refractivity contribution in [1.82, 2.24) is 0 Å². The van der Waals surface area contributed by atoms with Crippen LogP contribution in [0.4, 0.5) is 5.69 Å². The lowest BCUT2D eigenvalue weighted by molar-refractivity contribution is 0.0696. The van der Waals surface area contributed by atoms with Gasteiger partial charge in [0.05, 0.1) is 17.1 Å². The molecule has 8 heteroatoms. The number of nitrogens with one attached hydrogen (secondary N) is 1. The number of hydrogen-bond donors (Lipinski definition) is 2. The predicted molar refractivity (Wildman–Crippen MR) is 101 cm³/mol. The van der Waals surface area contributed by atoms with Gasteiger partial charge in [-0.05, 0) is 60.9 Å². The highest BCUT2D eigenvalue weighted by Crippen LogP contribution is 2.22. The summed E-state index contributed by atoms with van der Waals surface area (Å²) in [5, 5.41) is 11.9. The van der Waals surface area contributed by atoms with Crippen LogP contribution in [-0.2, 0) is 21.2 Å². The third kappa shape index (κ3) is 4.93. The second kappa shape index (κ2) is 7.89. The fraction of sp³-hybridized carbons (Fsp3) is 0.263. The Morgan fingerprint density at radius 1 is 1.11 bits per heavy atom. The van der Waals surface area contributed by atoms with Crippen LogP contribution in [0.25, 0.3) is 0 Å². The van der Waals surface area contributed by atoms with Gasteiger partial charge in [0.15, 0.2) is 9.84 Å². The molecule has 0 aromatic heterocycles. The fourth-order valence-electron chi connectivity index (χ4n) is 2.61. The van der Waals surface area contributed by atoms with Crippen LogP contribution < -0.4 is 5.32 Å². The molecule has 27 heavy (non-hydrogen) atoms. The van der Waals surface area contributed by atoms with E-state index in [4.69, 9.17) is 4.74 Å². The molecule has 0 aliphatic rings. The lowest BCUT2D eigenvalue weighted by Crippen LogP contribution is -2.16. The molecular weight excluding hydrogens is 370 g/mol. The highest BCUT2D eigenvalue weighted by Gasteiger charge is 2.18. The third-order valence-electron chi connectivity index (χ3n) is 4.12. The molecule has 0 aliphatic heterocycles. The highest BCUT2D eigenvalue weighted by molar-refractivity contribution is 7.90. The third-order valence-corrected chi connectivity index (χ3v) is 5.21. The lowest BCUT2D eigenvalue weighted by atomic mass is 10.0. The average Bonchev–Trinajstić information content (AvgIpc) is 2.56. The number of aryl methyl sites for hydroxylation is 1. The number of hydrogen-bond acceptors (Lipinski definition) is 5. The maximum atomic E-state index is 12.7. The van der Waals surface area contributed by atoms with Gasteiger partial charge in [-0.15, -0.1) is 0 Å². The van der Waals surface area contributed by atoms with E-state index >= 15 is 0 Å². The number of aromatic carboxylic acids is 1. The molecular formula is C19H21NO6S. The van der Waals surface area contributed by atoms with Crippen molar-refractivity contribution < 1.29 is 27.9 Å². The van der Waals surface area contributed by atoms with E-state index in [1.165, 1.54) is 31.4 Å². The summed E-state index contributed by atoms with van der Waals surface area (Å²) in [5.74, 6) is -1.65. The van der Waals surface area contributed by atoms with E-state index in [-0.39, 0.29) is 28.3 Å². The summed E-state index contributed by atoms with van der Waals surface area (Å²) in [6.45, 7) is 3.63. The van der Waals surface area contributed by atoms with E-state index in [1.54, 1.807) is 19.9 Å². The van der Waals surface area contributed by atoms with Crippen molar-refractivity contribution in [2.75, 3.05) is 18.7 Å². The zero-order valence-corrected chi connectivity index (χ0v) is 16.3. The Bertz CT molecular complexity index is 1010. The first-order chi connectivity index (χ1) is 12.5. The summed E-state index contributed by atoms with van der Waals surface area (Å²) in [6, 6.07) is 7.24. The first kappa shape index (κ1) is 20.6. The van der Waals surface area contributed by atoms with Crippen molar-refractivity contribution in [3.63, 3.8) is 0 Å². The summed E-state index contributed by atoms with van der Waals surface area (Å²) in [5.41, 5.74) is 2.41. The van der Waals surface area contributed by atoms with Crippen LogP contribution in [0.2, 0.25) is 0 Å². The molecule has 0 heterocycles. The van der Waals surface area contributed by atoms with Crippen molar-refractivity contribution in [2.45, 2.75) is 25.3 Å². The Balaban J connectivity index is 2.46. The second-order valence-corrected chi connectivity index (χ2v) is 8.31. The molecule has 2 rings (SSSR count). The van der Waals surface area contributed by atoms with Crippen LogP contribution in [0.1, 0.15) is 37.4 Å². The molecule has 2 aromatic carbocycles. The topological polar surface area (TPSA) is 110 Å². The molecule has 0 aliphatic carbocycles. The SMILES string of the molecule is COCc1cc(NC(=O)c2cc(S(C)(=O)=O)cc(C)c2C)cc(C(=O)O)c1. The van der Waals surface area contributed by atoms with E-state index in [2.05, 4.69) is 5.32 Å². The summed E-state index contributed by atoms with van der Waals surface area (Å²) in [7, 11) is -2.00. The average molecular weight is 391 g/mol. The molecule has 0 spiro atoms. The molecule has 1 amide bonds. The number of benzene rings is 2. The zero-order valence-electron chi connectivity index (χ0n) is 15.5. The van der Waals surface area contributed by atoms with E-state index in [0.29, 0.717) is 16.7 Å². The molecule has 0 bridgehead atoms. The Labute approximate surface area is 157 Å². The maximum Gasteiger partial charge on any atom is 0.335 e. The number of ether oxygens (including phenoxy) is 1. The minimum Gasteiger partial charge on any atom is -0.478 e. The minimum absolute atomic E-state index is 0.0117. The normalized spacial score (nSPS) is 11.3. The van der Waals surface area contributed by atoms with Gasteiger partial charge in [-0.25, -0.2) is 13.2 Å². The molecule has 144 valence electrons. The van der Waals surface area contributed by atoms with E-state index in [0.717, 1.165) is 6.26 Å². The summed E-state index contributed by atoms with van der Waals surface area (Å²) in [4.78, 5) is 24.1. The van der Waals surface area contributed by atoms with Gasteiger partial charge in [0.2, 0.25) is 0 Å². The van der Waals surface area contributed by atoms with Crippen molar-refractivity contribution in [1.29, 1.82) is 0 Å². The van der Waals surface area contributed by atoms with Crippen molar-refractivity contribution in [2.24, 2.45) is 0 Å². The quantitative estimate of drug-likeness (QED) is 0.784. The van der Waals surface area contributed by atoms with E-state index in [9.17, 15) is 23.1 Å². The maximum absolute atomic E-state index is 12.7.